The van der Waals surface area contributed by atoms with E-state index < -0.39 is 0 Å². The van der Waals surface area contributed by atoms with Crippen molar-refractivity contribution in [1.82, 2.24) is 25.2 Å². The maximum absolute atomic E-state index is 13.5. The first-order valence-corrected chi connectivity index (χ1v) is 10.7. The third-order valence-corrected chi connectivity index (χ3v) is 5.01. The average molecular weight is 563 g/mol. The number of aliphatic imine (C=N–C) groups is 1. The van der Waals surface area contributed by atoms with Gasteiger partial charge in [0.05, 0.1) is 6.54 Å². The zero-order valence-corrected chi connectivity index (χ0v) is 20.7. The van der Waals surface area contributed by atoms with Gasteiger partial charge in [-0.25, -0.2) is 24.3 Å². The van der Waals surface area contributed by atoms with Gasteiger partial charge in [-0.2, -0.15) is 0 Å². The lowest BCUT2D eigenvalue weighted by Crippen LogP contribution is -2.52. The molecule has 174 valence electrons. The molecular formula is C23H27FIN7O. The molecule has 1 aliphatic heterocycles. The van der Waals surface area contributed by atoms with E-state index in [9.17, 15) is 4.39 Å². The Kier molecular flexibility index (Phi) is 9.16. The lowest BCUT2D eigenvalue weighted by molar-refractivity contribution is 0.370. The molecule has 0 saturated carbocycles. The van der Waals surface area contributed by atoms with E-state index in [2.05, 4.69) is 30.1 Å². The molecule has 2 aromatic heterocycles. The molecule has 4 rings (SSSR count). The van der Waals surface area contributed by atoms with E-state index in [1.165, 1.54) is 12.1 Å². The van der Waals surface area contributed by atoms with E-state index in [4.69, 9.17) is 9.73 Å². The summed E-state index contributed by atoms with van der Waals surface area (Å²) in [5.41, 5.74) is 0.823. The number of nitrogens with zero attached hydrogens (tertiary/aromatic N) is 6. The fourth-order valence-corrected chi connectivity index (χ4v) is 3.44. The summed E-state index contributed by atoms with van der Waals surface area (Å²) in [6.45, 7) is 6.45. The van der Waals surface area contributed by atoms with Gasteiger partial charge in [-0.1, -0.05) is 12.1 Å². The molecule has 8 nitrogen and oxygen atoms in total. The topological polar surface area (TPSA) is 78.8 Å². The number of rotatable bonds is 6. The molecular weight excluding hydrogens is 536 g/mol. The highest BCUT2D eigenvalue weighted by atomic mass is 127. The monoisotopic (exact) mass is 563 g/mol. The van der Waals surface area contributed by atoms with Crippen molar-refractivity contribution >= 4 is 35.9 Å². The molecule has 0 spiro atoms. The molecule has 1 aromatic carbocycles. The van der Waals surface area contributed by atoms with E-state index in [0.717, 1.165) is 50.2 Å². The molecule has 1 N–H and O–H groups in total. The third kappa shape index (κ3) is 6.73. The lowest BCUT2D eigenvalue weighted by Gasteiger charge is -2.36. The third-order valence-electron chi connectivity index (χ3n) is 5.01. The van der Waals surface area contributed by atoms with Crippen LogP contribution in [0.5, 0.6) is 11.6 Å². The first-order valence-electron chi connectivity index (χ1n) is 10.7. The number of benzene rings is 1. The van der Waals surface area contributed by atoms with Crippen molar-refractivity contribution in [2.45, 2.75) is 13.5 Å². The van der Waals surface area contributed by atoms with Crippen LogP contribution in [0.4, 0.5) is 10.3 Å². The van der Waals surface area contributed by atoms with Crippen LogP contribution < -0.4 is 15.0 Å². The van der Waals surface area contributed by atoms with Crippen molar-refractivity contribution in [3.8, 4) is 11.6 Å². The highest BCUT2D eigenvalue weighted by Gasteiger charge is 2.21. The van der Waals surface area contributed by atoms with Gasteiger partial charge in [0, 0.05) is 62.9 Å². The molecule has 0 radical (unpaired) electrons. The maximum Gasteiger partial charge on any atom is 0.225 e. The van der Waals surface area contributed by atoms with Crippen LogP contribution in [0.1, 0.15) is 12.5 Å². The van der Waals surface area contributed by atoms with E-state index in [1.54, 1.807) is 30.7 Å². The summed E-state index contributed by atoms with van der Waals surface area (Å²) in [6, 6.07) is 11.6. The Labute approximate surface area is 210 Å². The second kappa shape index (κ2) is 12.3. The van der Waals surface area contributed by atoms with E-state index in [1.807, 2.05) is 25.1 Å². The van der Waals surface area contributed by atoms with E-state index >= 15 is 0 Å². The van der Waals surface area contributed by atoms with Crippen molar-refractivity contribution in [2.75, 3.05) is 37.6 Å². The van der Waals surface area contributed by atoms with Gasteiger partial charge < -0.3 is 19.9 Å². The molecule has 0 bridgehead atoms. The normalized spacial score (nSPS) is 13.9. The Hall–Kier alpha value is -3.02. The number of hydrogen-bond donors (Lipinski definition) is 1. The lowest BCUT2D eigenvalue weighted by atomic mass is 10.2. The van der Waals surface area contributed by atoms with Crippen molar-refractivity contribution in [1.29, 1.82) is 0 Å². The standard InChI is InChI=1S/C23H26FN7O.HI/c1-2-25-22(30-12-14-31(15-13-30)23-27-10-5-11-28-23)29-17-18-6-4-9-26-21(18)32-20-8-3-7-19(24)16-20;/h3-11,16H,2,12-15,17H2,1H3,(H,25,29);1H. The molecule has 1 fully saturated rings. The molecule has 0 amide bonds. The predicted octanol–water partition coefficient (Wildman–Crippen LogP) is 3.71. The number of anilines is 1. The van der Waals surface area contributed by atoms with Crippen molar-refractivity contribution in [2.24, 2.45) is 4.99 Å². The number of hydrogen-bond acceptors (Lipinski definition) is 6. The van der Waals surface area contributed by atoms with Gasteiger partial charge in [0.25, 0.3) is 0 Å². The predicted molar refractivity (Wildman–Crippen MR) is 137 cm³/mol. The summed E-state index contributed by atoms with van der Waals surface area (Å²) >= 11 is 0. The van der Waals surface area contributed by atoms with Gasteiger partial charge in [0.15, 0.2) is 5.96 Å². The number of nitrogens with one attached hydrogen (secondary N) is 1. The Morgan fingerprint density at radius 1 is 1.03 bits per heavy atom. The first-order chi connectivity index (χ1) is 15.7. The smallest absolute Gasteiger partial charge is 0.225 e. The van der Waals surface area contributed by atoms with Crippen LogP contribution in [-0.4, -0.2) is 58.5 Å². The van der Waals surface area contributed by atoms with Crippen LogP contribution in [0.25, 0.3) is 0 Å². The first kappa shape index (κ1) is 24.6. The molecule has 0 unspecified atom stereocenters. The maximum atomic E-state index is 13.5. The number of aromatic nitrogens is 3. The van der Waals surface area contributed by atoms with Crippen LogP contribution in [-0.2, 0) is 6.54 Å². The fourth-order valence-electron chi connectivity index (χ4n) is 3.44. The Morgan fingerprint density at radius 3 is 2.52 bits per heavy atom. The Balaban J connectivity index is 0.00000306. The SMILES string of the molecule is CCNC(=NCc1cccnc1Oc1cccc(F)c1)N1CCN(c2ncccn2)CC1.I. The second-order valence-corrected chi connectivity index (χ2v) is 7.22. The van der Waals surface area contributed by atoms with Crippen LogP contribution in [0, 0.1) is 5.82 Å². The highest BCUT2D eigenvalue weighted by molar-refractivity contribution is 14.0. The minimum Gasteiger partial charge on any atom is -0.439 e. The summed E-state index contributed by atoms with van der Waals surface area (Å²) in [5.74, 6) is 2.06. The summed E-state index contributed by atoms with van der Waals surface area (Å²) < 4.78 is 19.3. The quantitative estimate of drug-likeness (QED) is 0.279. The zero-order valence-electron chi connectivity index (χ0n) is 18.4. The van der Waals surface area contributed by atoms with Crippen molar-refractivity contribution in [3.63, 3.8) is 0 Å². The van der Waals surface area contributed by atoms with Crippen LogP contribution in [0.3, 0.4) is 0 Å². The molecule has 0 atom stereocenters. The largest absolute Gasteiger partial charge is 0.439 e. The van der Waals surface area contributed by atoms with Gasteiger partial charge in [-0.15, -0.1) is 24.0 Å². The number of ether oxygens (including phenoxy) is 1. The number of piperazine rings is 1. The highest BCUT2D eigenvalue weighted by Crippen LogP contribution is 2.24. The number of pyridine rings is 1. The van der Waals surface area contributed by atoms with Gasteiger partial charge >= 0.3 is 0 Å². The van der Waals surface area contributed by atoms with Gasteiger partial charge in [0.1, 0.15) is 11.6 Å². The van der Waals surface area contributed by atoms with Crippen molar-refractivity contribution < 1.29 is 9.13 Å². The molecule has 1 saturated heterocycles. The minimum absolute atomic E-state index is 0. The van der Waals surface area contributed by atoms with Crippen LogP contribution in [0.2, 0.25) is 0 Å². The summed E-state index contributed by atoms with van der Waals surface area (Å²) in [6.07, 6.45) is 5.17. The van der Waals surface area contributed by atoms with Crippen LogP contribution in [0.15, 0.2) is 66.0 Å². The zero-order chi connectivity index (χ0) is 22.2. The molecule has 0 aliphatic carbocycles. The summed E-state index contributed by atoms with van der Waals surface area (Å²) in [7, 11) is 0. The van der Waals surface area contributed by atoms with Gasteiger partial charge in [-0.3, -0.25) is 0 Å². The van der Waals surface area contributed by atoms with Crippen molar-refractivity contribution in [3.05, 3.63) is 72.4 Å². The number of halogens is 2. The molecule has 3 aromatic rings. The number of guanidine groups is 1. The van der Waals surface area contributed by atoms with Gasteiger partial charge in [0.2, 0.25) is 11.8 Å². The fraction of sp³-hybridized carbons (Fsp3) is 0.304. The summed E-state index contributed by atoms with van der Waals surface area (Å²) in [4.78, 5) is 22.2. The molecule has 1 aliphatic rings. The van der Waals surface area contributed by atoms with E-state index in [0.29, 0.717) is 18.2 Å². The minimum atomic E-state index is -0.354. The average Bonchev–Trinajstić information content (AvgIpc) is 2.83. The molecule has 3 heterocycles. The Bertz CT molecular complexity index is 1050. The summed E-state index contributed by atoms with van der Waals surface area (Å²) in [5, 5.41) is 3.37. The Morgan fingerprint density at radius 2 is 1.79 bits per heavy atom. The van der Waals surface area contributed by atoms with E-state index in [-0.39, 0.29) is 29.8 Å². The van der Waals surface area contributed by atoms with Crippen LogP contribution >= 0.6 is 24.0 Å². The molecule has 10 heteroatoms. The van der Waals surface area contributed by atoms with Gasteiger partial charge in [-0.05, 0) is 31.2 Å². The molecule has 33 heavy (non-hydrogen) atoms. The second-order valence-electron chi connectivity index (χ2n) is 7.22.